The highest BCUT2D eigenvalue weighted by Gasteiger charge is 2.38. The minimum atomic E-state index is -1.03. The predicted octanol–water partition coefficient (Wildman–Crippen LogP) is 5.38. The molecule has 0 amide bonds. The van der Waals surface area contributed by atoms with Crippen molar-refractivity contribution in [3.63, 3.8) is 0 Å². The summed E-state index contributed by atoms with van der Waals surface area (Å²) in [5.41, 5.74) is 1.50. The van der Waals surface area contributed by atoms with Gasteiger partial charge in [-0.15, -0.1) is 0 Å². The van der Waals surface area contributed by atoms with Gasteiger partial charge in [-0.05, 0) is 87.7 Å². The summed E-state index contributed by atoms with van der Waals surface area (Å²) in [6, 6.07) is 0. The molecule has 0 aromatic rings. The number of aliphatic hydroxyl groups excluding tert-OH is 1. The maximum absolute atomic E-state index is 14.1. The maximum Gasteiger partial charge on any atom is 0.129 e. The summed E-state index contributed by atoms with van der Waals surface area (Å²) in [5, 5.41) is 10.6. The summed E-state index contributed by atoms with van der Waals surface area (Å²) in [4.78, 5) is 0. The standard InChI is InChI=1S/C20H33FOS/c1-13-18(11-12-19(22)20(13)21)16-5-3-14(4-6-16)15-7-9-17(23-2)10-8-15/h5,13-15,17-20,22H,3-4,6-12H2,1-2H3. The Morgan fingerprint density at radius 1 is 1.04 bits per heavy atom. The van der Waals surface area contributed by atoms with E-state index in [1.165, 1.54) is 50.5 Å². The zero-order valence-electron chi connectivity index (χ0n) is 14.7. The van der Waals surface area contributed by atoms with Gasteiger partial charge in [0.05, 0.1) is 6.10 Å². The quantitative estimate of drug-likeness (QED) is 0.696. The second kappa shape index (κ2) is 7.91. The topological polar surface area (TPSA) is 20.2 Å². The van der Waals surface area contributed by atoms with Crippen LogP contribution in [0.5, 0.6) is 0 Å². The van der Waals surface area contributed by atoms with Crippen LogP contribution in [0.1, 0.15) is 64.7 Å². The number of thioether (sulfide) groups is 1. The van der Waals surface area contributed by atoms with Crippen molar-refractivity contribution in [2.75, 3.05) is 6.26 Å². The van der Waals surface area contributed by atoms with E-state index < -0.39 is 12.3 Å². The molecule has 0 aromatic carbocycles. The lowest BCUT2D eigenvalue weighted by Gasteiger charge is -2.40. The van der Waals surface area contributed by atoms with Gasteiger partial charge in [-0.1, -0.05) is 18.6 Å². The van der Waals surface area contributed by atoms with Crippen LogP contribution in [0.15, 0.2) is 11.6 Å². The predicted molar refractivity (Wildman–Crippen MR) is 97.5 cm³/mol. The molecule has 0 aliphatic heterocycles. The van der Waals surface area contributed by atoms with Crippen LogP contribution in [0.4, 0.5) is 4.39 Å². The van der Waals surface area contributed by atoms with Crippen LogP contribution in [0, 0.1) is 23.7 Å². The Hall–Kier alpha value is -0.0200. The number of aliphatic hydroxyl groups is 1. The van der Waals surface area contributed by atoms with Crippen molar-refractivity contribution in [2.45, 2.75) is 82.2 Å². The van der Waals surface area contributed by atoms with Crippen molar-refractivity contribution in [3.8, 4) is 0 Å². The largest absolute Gasteiger partial charge is 0.390 e. The van der Waals surface area contributed by atoms with E-state index in [-0.39, 0.29) is 5.92 Å². The summed E-state index contributed by atoms with van der Waals surface area (Å²) in [6.07, 6.45) is 13.9. The number of allylic oxidation sites excluding steroid dienone is 2. The normalized spacial score (nSPS) is 45.6. The second-order valence-corrected chi connectivity index (χ2v) is 9.28. The first-order valence-electron chi connectivity index (χ1n) is 9.64. The van der Waals surface area contributed by atoms with Crippen LogP contribution in [-0.2, 0) is 0 Å². The highest BCUT2D eigenvalue weighted by Crippen LogP contribution is 2.44. The molecule has 132 valence electrons. The first-order chi connectivity index (χ1) is 11.1. The average molecular weight is 341 g/mol. The molecule has 0 radical (unpaired) electrons. The molecule has 5 unspecified atom stereocenters. The van der Waals surface area contributed by atoms with E-state index in [4.69, 9.17) is 0 Å². The Balaban J connectivity index is 1.54. The number of alkyl halides is 1. The molecule has 1 nitrogen and oxygen atoms in total. The zero-order valence-corrected chi connectivity index (χ0v) is 15.5. The van der Waals surface area contributed by atoms with E-state index in [2.05, 4.69) is 12.3 Å². The SMILES string of the molecule is CSC1CCC(C2CC=C(C3CCC(O)C(F)C3C)CC2)CC1. The van der Waals surface area contributed by atoms with Gasteiger partial charge in [-0.25, -0.2) is 4.39 Å². The minimum Gasteiger partial charge on any atom is -0.390 e. The zero-order chi connectivity index (χ0) is 16.4. The van der Waals surface area contributed by atoms with Crippen molar-refractivity contribution < 1.29 is 9.50 Å². The van der Waals surface area contributed by atoms with Gasteiger partial charge in [0, 0.05) is 5.25 Å². The van der Waals surface area contributed by atoms with E-state index >= 15 is 0 Å². The molecular weight excluding hydrogens is 307 g/mol. The smallest absolute Gasteiger partial charge is 0.129 e. The molecule has 0 aromatic heterocycles. The Labute approximate surface area is 145 Å². The van der Waals surface area contributed by atoms with Crippen LogP contribution >= 0.6 is 11.8 Å². The monoisotopic (exact) mass is 340 g/mol. The molecule has 0 saturated heterocycles. The van der Waals surface area contributed by atoms with E-state index in [9.17, 15) is 9.50 Å². The molecule has 3 aliphatic rings. The van der Waals surface area contributed by atoms with Gasteiger partial charge in [0.1, 0.15) is 6.17 Å². The third-order valence-electron chi connectivity index (χ3n) is 6.96. The summed E-state index contributed by atoms with van der Waals surface area (Å²) >= 11 is 2.05. The molecule has 0 spiro atoms. The second-order valence-electron chi connectivity index (χ2n) is 8.14. The van der Waals surface area contributed by atoms with E-state index in [0.29, 0.717) is 12.3 Å². The molecule has 2 fully saturated rings. The van der Waals surface area contributed by atoms with Gasteiger partial charge >= 0.3 is 0 Å². The summed E-state index contributed by atoms with van der Waals surface area (Å²) in [5.74, 6) is 2.16. The van der Waals surface area contributed by atoms with Crippen molar-refractivity contribution in [3.05, 3.63) is 11.6 Å². The lowest BCUT2D eigenvalue weighted by atomic mass is 9.68. The van der Waals surface area contributed by atoms with Crippen molar-refractivity contribution in [1.29, 1.82) is 0 Å². The van der Waals surface area contributed by atoms with Crippen LogP contribution in [-0.4, -0.2) is 28.9 Å². The Bertz CT molecular complexity index is 416. The molecule has 3 rings (SSSR count). The highest BCUT2D eigenvalue weighted by atomic mass is 32.2. The van der Waals surface area contributed by atoms with Gasteiger partial charge in [0.15, 0.2) is 0 Å². The third kappa shape index (κ3) is 3.98. The van der Waals surface area contributed by atoms with Crippen molar-refractivity contribution in [2.24, 2.45) is 23.7 Å². The van der Waals surface area contributed by atoms with Gasteiger partial charge < -0.3 is 5.11 Å². The van der Waals surface area contributed by atoms with E-state index in [0.717, 1.165) is 23.5 Å². The number of hydrogen-bond acceptors (Lipinski definition) is 2. The van der Waals surface area contributed by atoms with Gasteiger partial charge in [-0.2, -0.15) is 11.8 Å². The third-order valence-corrected chi connectivity index (χ3v) is 8.10. The van der Waals surface area contributed by atoms with Crippen molar-refractivity contribution >= 4 is 11.8 Å². The van der Waals surface area contributed by atoms with Gasteiger partial charge in [-0.3, -0.25) is 0 Å². The van der Waals surface area contributed by atoms with Crippen molar-refractivity contribution in [1.82, 2.24) is 0 Å². The molecule has 2 saturated carbocycles. The maximum atomic E-state index is 14.1. The van der Waals surface area contributed by atoms with Crippen LogP contribution in [0.2, 0.25) is 0 Å². The fourth-order valence-electron chi connectivity index (χ4n) is 5.30. The lowest BCUT2D eigenvalue weighted by molar-refractivity contribution is -0.00637. The molecule has 1 N–H and O–H groups in total. The van der Waals surface area contributed by atoms with Crippen LogP contribution < -0.4 is 0 Å². The number of halogens is 1. The molecule has 23 heavy (non-hydrogen) atoms. The fourth-order valence-corrected chi connectivity index (χ4v) is 6.05. The first-order valence-corrected chi connectivity index (χ1v) is 10.9. The molecule has 5 atom stereocenters. The highest BCUT2D eigenvalue weighted by molar-refractivity contribution is 7.99. The summed E-state index contributed by atoms with van der Waals surface area (Å²) < 4.78 is 14.1. The molecule has 0 heterocycles. The molecular formula is C20H33FOS. The summed E-state index contributed by atoms with van der Waals surface area (Å²) in [6.45, 7) is 1.99. The summed E-state index contributed by atoms with van der Waals surface area (Å²) in [7, 11) is 0. The van der Waals surface area contributed by atoms with E-state index in [1.54, 1.807) is 0 Å². The van der Waals surface area contributed by atoms with Gasteiger partial charge in [0.25, 0.3) is 0 Å². The molecule has 0 bridgehead atoms. The first kappa shape index (κ1) is 17.8. The number of hydrogen-bond donors (Lipinski definition) is 1. The minimum absolute atomic E-state index is 0.0152. The number of rotatable bonds is 3. The van der Waals surface area contributed by atoms with Crippen LogP contribution in [0.3, 0.4) is 0 Å². The van der Waals surface area contributed by atoms with E-state index in [1.807, 2.05) is 18.7 Å². The van der Waals surface area contributed by atoms with Gasteiger partial charge in [0.2, 0.25) is 0 Å². The molecule has 3 aliphatic carbocycles. The van der Waals surface area contributed by atoms with Crippen LogP contribution in [0.25, 0.3) is 0 Å². The lowest BCUT2D eigenvalue weighted by Crippen LogP contribution is -2.39. The Morgan fingerprint density at radius 2 is 1.78 bits per heavy atom. The Morgan fingerprint density at radius 3 is 2.39 bits per heavy atom. The molecule has 3 heteroatoms. The average Bonchev–Trinajstić information content (AvgIpc) is 2.60. The Kier molecular flexibility index (Phi) is 6.12. The fraction of sp³-hybridized carbons (Fsp3) is 0.900.